The van der Waals surface area contributed by atoms with Crippen LogP contribution in [0.15, 0.2) is 24.3 Å². The number of fused-ring (bicyclic) bond motifs is 1. The van der Waals surface area contributed by atoms with Crippen LogP contribution in [0.3, 0.4) is 0 Å². The van der Waals surface area contributed by atoms with Gasteiger partial charge in [-0.05, 0) is 62.2 Å². The Morgan fingerprint density at radius 3 is 2.45 bits per heavy atom. The lowest BCUT2D eigenvalue weighted by atomic mass is 9.44. The number of aliphatic hydroxyl groups is 2. The van der Waals surface area contributed by atoms with E-state index in [9.17, 15) is 10.2 Å². The summed E-state index contributed by atoms with van der Waals surface area (Å²) in [5.41, 5.74) is 0.449. The molecule has 5 atom stereocenters. The van der Waals surface area contributed by atoms with Gasteiger partial charge in [0.2, 0.25) is 0 Å². The summed E-state index contributed by atoms with van der Waals surface area (Å²) < 4.78 is 0. The van der Waals surface area contributed by atoms with Crippen LogP contribution in [-0.4, -0.2) is 21.9 Å². The SMILES string of the molecule is C=C/C(C)=C/C[C@H]1[C@](C)(O)[C@@H](O)C[C@@H]2C(C)(C)CCC[C@@]21C. The highest BCUT2D eigenvalue weighted by Crippen LogP contribution is 2.62. The molecule has 2 fully saturated rings. The second kappa shape index (κ2) is 5.79. The van der Waals surface area contributed by atoms with Crippen LogP contribution in [0.1, 0.15) is 66.7 Å². The fourth-order valence-electron chi connectivity index (χ4n) is 5.43. The van der Waals surface area contributed by atoms with Crippen LogP contribution in [-0.2, 0) is 0 Å². The number of rotatable bonds is 3. The van der Waals surface area contributed by atoms with E-state index in [1.54, 1.807) is 0 Å². The molecule has 126 valence electrons. The predicted molar refractivity (Wildman–Crippen MR) is 92.5 cm³/mol. The lowest BCUT2D eigenvalue weighted by Crippen LogP contribution is -2.63. The van der Waals surface area contributed by atoms with E-state index in [1.807, 2.05) is 19.9 Å². The fourth-order valence-corrected chi connectivity index (χ4v) is 5.43. The molecule has 0 aromatic heterocycles. The molecular formula is C20H34O2. The highest BCUT2D eigenvalue weighted by molar-refractivity contribution is 5.17. The van der Waals surface area contributed by atoms with Crippen molar-refractivity contribution in [3.8, 4) is 0 Å². The van der Waals surface area contributed by atoms with Crippen molar-refractivity contribution in [3.63, 3.8) is 0 Å². The molecule has 0 radical (unpaired) electrons. The Hall–Kier alpha value is -0.600. The third-order valence-corrected chi connectivity index (χ3v) is 6.91. The van der Waals surface area contributed by atoms with E-state index in [4.69, 9.17) is 0 Å². The second-order valence-corrected chi connectivity index (χ2v) is 8.82. The molecule has 0 aliphatic heterocycles. The molecule has 2 N–H and O–H groups in total. The predicted octanol–water partition coefficient (Wildman–Crippen LogP) is 4.47. The molecule has 0 aromatic rings. The lowest BCUT2D eigenvalue weighted by Gasteiger charge is -2.62. The minimum Gasteiger partial charge on any atom is -0.390 e. The first kappa shape index (κ1) is 17.7. The van der Waals surface area contributed by atoms with Crippen molar-refractivity contribution >= 4 is 0 Å². The Kier molecular flexibility index (Phi) is 4.68. The molecule has 2 saturated carbocycles. The molecule has 2 aliphatic carbocycles. The van der Waals surface area contributed by atoms with Crippen molar-refractivity contribution < 1.29 is 10.2 Å². The summed E-state index contributed by atoms with van der Waals surface area (Å²) in [5, 5.41) is 21.7. The summed E-state index contributed by atoms with van der Waals surface area (Å²) in [6, 6.07) is 0. The fraction of sp³-hybridized carbons (Fsp3) is 0.800. The van der Waals surface area contributed by atoms with E-state index in [2.05, 4.69) is 33.4 Å². The first-order valence-electron chi connectivity index (χ1n) is 8.75. The first-order chi connectivity index (χ1) is 10.1. The normalized spacial score (nSPS) is 45.2. The van der Waals surface area contributed by atoms with E-state index in [-0.39, 0.29) is 16.7 Å². The van der Waals surface area contributed by atoms with Crippen LogP contribution in [0.2, 0.25) is 0 Å². The zero-order valence-electron chi connectivity index (χ0n) is 15.0. The number of allylic oxidation sites excluding steroid dienone is 3. The Balaban J connectivity index is 2.42. The van der Waals surface area contributed by atoms with Crippen LogP contribution in [0.5, 0.6) is 0 Å². The number of aliphatic hydroxyl groups excluding tert-OH is 1. The summed E-state index contributed by atoms with van der Waals surface area (Å²) in [4.78, 5) is 0. The molecule has 0 spiro atoms. The molecule has 0 heterocycles. The van der Waals surface area contributed by atoms with Crippen LogP contribution in [0, 0.1) is 22.7 Å². The summed E-state index contributed by atoms with van der Waals surface area (Å²) in [5.74, 6) is 0.551. The van der Waals surface area contributed by atoms with E-state index in [0.29, 0.717) is 5.92 Å². The van der Waals surface area contributed by atoms with Crippen LogP contribution in [0.25, 0.3) is 0 Å². The maximum absolute atomic E-state index is 11.1. The minimum absolute atomic E-state index is 0.0857. The molecule has 0 saturated heterocycles. The van der Waals surface area contributed by atoms with Gasteiger partial charge < -0.3 is 10.2 Å². The molecule has 2 aliphatic rings. The zero-order valence-corrected chi connectivity index (χ0v) is 15.0. The maximum Gasteiger partial charge on any atom is 0.0913 e. The van der Waals surface area contributed by atoms with Gasteiger partial charge >= 0.3 is 0 Å². The van der Waals surface area contributed by atoms with E-state index in [0.717, 1.165) is 24.8 Å². The van der Waals surface area contributed by atoms with Crippen molar-refractivity contribution in [1.29, 1.82) is 0 Å². The van der Waals surface area contributed by atoms with Gasteiger partial charge in [0.05, 0.1) is 11.7 Å². The Morgan fingerprint density at radius 1 is 1.23 bits per heavy atom. The summed E-state index contributed by atoms with van der Waals surface area (Å²) in [6.07, 6.45) is 8.51. The van der Waals surface area contributed by atoms with Crippen LogP contribution in [0.4, 0.5) is 0 Å². The van der Waals surface area contributed by atoms with Gasteiger partial charge in [-0.2, -0.15) is 0 Å². The molecule has 2 rings (SSSR count). The maximum atomic E-state index is 11.1. The Bertz CT molecular complexity index is 460. The smallest absolute Gasteiger partial charge is 0.0913 e. The van der Waals surface area contributed by atoms with Crippen molar-refractivity contribution in [2.75, 3.05) is 0 Å². The summed E-state index contributed by atoms with van der Waals surface area (Å²) in [6.45, 7) is 14.7. The minimum atomic E-state index is -1.02. The monoisotopic (exact) mass is 306 g/mol. The highest BCUT2D eigenvalue weighted by atomic mass is 16.3. The molecule has 2 heteroatoms. The van der Waals surface area contributed by atoms with E-state index in [1.165, 1.54) is 12.8 Å². The van der Waals surface area contributed by atoms with Crippen molar-refractivity contribution in [1.82, 2.24) is 0 Å². The summed E-state index contributed by atoms with van der Waals surface area (Å²) >= 11 is 0. The quantitative estimate of drug-likeness (QED) is 0.755. The average Bonchev–Trinajstić information content (AvgIpc) is 2.40. The Labute approximate surface area is 136 Å². The van der Waals surface area contributed by atoms with Crippen molar-refractivity contribution in [2.45, 2.75) is 78.4 Å². The van der Waals surface area contributed by atoms with Gasteiger partial charge in [-0.1, -0.05) is 51.5 Å². The Morgan fingerprint density at radius 2 is 1.86 bits per heavy atom. The molecule has 0 amide bonds. The second-order valence-electron chi connectivity index (χ2n) is 8.82. The van der Waals surface area contributed by atoms with E-state index >= 15 is 0 Å². The molecule has 0 unspecified atom stereocenters. The molecular weight excluding hydrogens is 272 g/mol. The van der Waals surface area contributed by atoms with Gasteiger partial charge in [-0.3, -0.25) is 0 Å². The van der Waals surface area contributed by atoms with Gasteiger partial charge in [-0.25, -0.2) is 0 Å². The van der Waals surface area contributed by atoms with Gasteiger partial charge in [0.25, 0.3) is 0 Å². The molecule has 0 bridgehead atoms. The molecule has 0 aromatic carbocycles. The third-order valence-electron chi connectivity index (χ3n) is 6.91. The lowest BCUT2D eigenvalue weighted by molar-refractivity contribution is -0.217. The van der Waals surface area contributed by atoms with Gasteiger partial charge in [0.15, 0.2) is 0 Å². The van der Waals surface area contributed by atoms with Gasteiger partial charge in [0.1, 0.15) is 0 Å². The van der Waals surface area contributed by atoms with Gasteiger partial charge in [0, 0.05) is 0 Å². The van der Waals surface area contributed by atoms with Gasteiger partial charge in [-0.15, -0.1) is 0 Å². The molecule has 2 nitrogen and oxygen atoms in total. The standard InChI is InChI=1S/C20H34O2/c1-7-14(2)9-10-15-19(5)12-8-11-18(3,4)16(19)13-17(21)20(15,6)22/h7,9,15-17,21-22H,1,8,10-13H2,2-6H3/b14-9+/t15-,16-,17+,19-,20+/m1/s1. The summed E-state index contributed by atoms with van der Waals surface area (Å²) in [7, 11) is 0. The van der Waals surface area contributed by atoms with E-state index < -0.39 is 11.7 Å². The number of hydrogen-bond donors (Lipinski definition) is 2. The van der Waals surface area contributed by atoms with Crippen LogP contribution < -0.4 is 0 Å². The highest BCUT2D eigenvalue weighted by Gasteiger charge is 2.60. The van der Waals surface area contributed by atoms with Crippen molar-refractivity contribution in [2.24, 2.45) is 22.7 Å². The van der Waals surface area contributed by atoms with Crippen LogP contribution >= 0.6 is 0 Å². The average molecular weight is 306 g/mol. The zero-order chi connectivity index (χ0) is 16.8. The molecule has 22 heavy (non-hydrogen) atoms. The largest absolute Gasteiger partial charge is 0.390 e. The number of hydrogen-bond acceptors (Lipinski definition) is 2. The van der Waals surface area contributed by atoms with Crippen molar-refractivity contribution in [3.05, 3.63) is 24.3 Å². The third kappa shape index (κ3) is 2.80. The topological polar surface area (TPSA) is 40.5 Å². The first-order valence-corrected chi connectivity index (χ1v) is 8.75.